The first-order valence-corrected chi connectivity index (χ1v) is 4.99. The number of aliphatic carboxylic acids is 1. The van der Waals surface area contributed by atoms with Crippen molar-refractivity contribution in [2.45, 2.75) is 19.4 Å². The predicted octanol–water partition coefficient (Wildman–Crippen LogP) is 0.837. The molecular formula is C9H10ClNO6. The molecule has 1 fully saturated rings. The second-order valence-electron chi connectivity index (χ2n) is 3.44. The molecule has 17 heavy (non-hydrogen) atoms. The summed E-state index contributed by atoms with van der Waals surface area (Å²) in [6.45, 7) is 0.958. The Labute approximate surface area is 101 Å². The highest BCUT2D eigenvalue weighted by Crippen LogP contribution is 2.27. The Morgan fingerprint density at radius 3 is 2.35 bits per heavy atom. The van der Waals surface area contributed by atoms with E-state index in [1.165, 1.54) is 0 Å². The number of amides is 1. The molecule has 7 nitrogen and oxygen atoms in total. The lowest BCUT2D eigenvalue weighted by atomic mass is 10.2. The van der Waals surface area contributed by atoms with Gasteiger partial charge in [0.1, 0.15) is 6.04 Å². The monoisotopic (exact) mass is 263 g/mol. The van der Waals surface area contributed by atoms with Crippen LogP contribution in [0.3, 0.4) is 0 Å². The number of likely N-dealkylation sites (tertiary alicyclic amines) is 1. The lowest BCUT2D eigenvalue weighted by molar-refractivity contribution is -0.141. The Morgan fingerprint density at radius 1 is 1.41 bits per heavy atom. The molecule has 0 spiro atoms. The Bertz CT molecular complexity index is 380. The molecule has 0 saturated carbocycles. The van der Waals surface area contributed by atoms with Gasteiger partial charge in [-0.1, -0.05) is 0 Å². The minimum Gasteiger partial charge on any atom is -0.480 e. The quantitative estimate of drug-likeness (QED) is 0.565. The van der Waals surface area contributed by atoms with Crippen molar-refractivity contribution < 1.29 is 29.3 Å². The zero-order valence-electron chi connectivity index (χ0n) is 8.84. The molecule has 1 rings (SSSR count). The molecule has 2 N–H and O–H groups in total. The van der Waals surface area contributed by atoms with Crippen molar-refractivity contribution in [2.75, 3.05) is 6.54 Å². The van der Waals surface area contributed by atoms with Crippen molar-refractivity contribution in [3.63, 3.8) is 0 Å². The number of halogens is 1. The van der Waals surface area contributed by atoms with Crippen molar-refractivity contribution in [2.24, 2.45) is 0 Å². The van der Waals surface area contributed by atoms with Gasteiger partial charge < -0.3 is 14.9 Å². The first kappa shape index (κ1) is 13.3. The molecule has 1 saturated heterocycles. The van der Waals surface area contributed by atoms with E-state index < -0.39 is 24.1 Å². The summed E-state index contributed by atoms with van der Waals surface area (Å²) in [6, 6.07) is -1.20. The topological polar surface area (TPSA) is 104 Å². The molecule has 0 aromatic rings. The highest BCUT2D eigenvalue weighted by atomic mass is 35.5. The van der Waals surface area contributed by atoms with Gasteiger partial charge >= 0.3 is 18.0 Å². The van der Waals surface area contributed by atoms with Gasteiger partial charge in [-0.2, -0.15) is 0 Å². The zero-order chi connectivity index (χ0) is 13.2. The molecule has 0 aliphatic carbocycles. The Balaban J connectivity index is 2.92. The van der Waals surface area contributed by atoms with Crippen LogP contribution in [0.1, 0.15) is 13.3 Å². The minimum absolute atomic E-state index is 0.0895. The van der Waals surface area contributed by atoms with Crippen LogP contribution in [0.4, 0.5) is 4.79 Å². The molecule has 1 amide bonds. The second kappa shape index (κ2) is 5.05. The van der Waals surface area contributed by atoms with Crippen LogP contribution in [-0.4, -0.2) is 45.7 Å². The van der Waals surface area contributed by atoms with Gasteiger partial charge in [0, 0.05) is 18.9 Å². The van der Waals surface area contributed by atoms with Gasteiger partial charge in [-0.3, -0.25) is 9.69 Å². The smallest absolute Gasteiger partial charge is 0.408 e. The summed E-state index contributed by atoms with van der Waals surface area (Å²) in [6.07, 6.45) is -1.45. The fraction of sp³-hybridized carbons (Fsp3) is 0.444. The number of esters is 1. The van der Waals surface area contributed by atoms with Gasteiger partial charge in [0.25, 0.3) is 0 Å². The van der Waals surface area contributed by atoms with Crippen molar-refractivity contribution in [1.82, 2.24) is 4.90 Å². The molecule has 0 bridgehead atoms. The van der Waals surface area contributed by atoms with E-state index in [2.05, 4.69) is 4.74 Å². The van der Waals surface area contributed by atoms with E-state index in [0.717, 1.165) is 11.8 Å². The number of hydrogen-bond donors (Lipinski definition) is 2. The summed E-state index contributed by atoms with van der Waals surface area (Å²) in [4.78, 5) is 33.0. The zero-order valence-corrected chi connectivity index (χ0v) is 9.60. The van der Waals surface area contributed by atoms with E-state index in [0.29, 0.717) is 0 Å². The molecule has 1 atom stereocenters. The number of carboxylic acid groups (broad SMARTS) is 2. The van der Waals surface area contributed by atoms with Gasteiger partial charge in [0.2, 0.25) is 0 Å². The second-order valence-corrected chi connectivity index (χ2v) is 3.78. The number of carbonyl (C=O) groups is 3. The van der Waals surface area contributed by atoms with Crippen LogP contribution in [0.15, 0.2) is 10.8 Å². The lowest BCUT2D eigenvalue weighted by Gasteiger charge is -2.16. The van der Waals surface area contributed by atoms with E-state index in [9.17, 15) is 14.4 Å². The minimum atomic E-state index is -1.36. The summed E-state index contributed by atoms with van der Waals surface area (Å²) in [5.74, 6) is -1.92. The first-order chi connectivity index (χ1) is 7.82. The lowest BCUT2D eigenvalue weighted by Crippen LogP contribution is -2.39. The third-order valence-corrected chi connectivity index (χ3v) is 2.56. The highest BCUT2D eigenvalue weighted by Gasteiger charge is 2.38. The molecule has 1 aliphatic rings. The summed E-state index contributed by atoms with van der Waals surface area (Å²) in [7, 11) is 0. The first-order valence-electron chi connectivity index (χ1n) is 4.61. The molecule has 0 aromatic heterocycles. The van der Waals surface area contributed by atoms with Gasteiger partial charge in [-0.15, -0.1) is 0 Å². The van der Waals surface area contributed by atoms with Crippen LogP contribution in [0.2, 0.25) is 0 Å². The molecule has 94 valence electrons. The highest BCUT2D eigenvalue weighted by molar-refractivity contribution is 6.29. The average Bonchev–Trinajstić information content (AvgIpc) is 2.60. The fourth-order valence-electron chi connectivity index (χ4n) is 1.49. The number of carbonyl (C=O) groups excluding carboxylic acids is 1. The number of rotatable bonds is 2. The molecule has 1 aliphatic heterocycles. The van der Waals surface area contributed by atoms with Gasteiger partial charge in [0.15, 0.2) is 5.22 Å². The third-order valence-electron chi connectivity index (χ3n) is 2.22. The fourth-order valence-corrected chi connectivity index (χ4v) is 1.73. The largest absolute Gasteiger partial charge is 0.480 e. The average molecular weight is 264 g/mol. The maximum absolute atomic E-state index is 10.8. The number of ether oxygens (including phenoxy) is 1. The van der Waals surface area contributed by atoms with E-state index in [-0.39, 0.29) is 23.8 Å². The van der Waals surface area contributed by atoms with E-state index in [1.807, 2.05) is 0 Å². The standard InChI is InChI=1S/C9H10ClNO6/c1-4(12)17-7(10)5-2-6(8(13)14)11(3-5)9(15)16/h6H,2-3H2,1H3,(H,13,14)(H,15,16)/b7-5+. The van der Waals surface area contributed by atoms with Gasteiger partial charge in [0.05, 0.1) is 6.54 Å². The molecule has 8 heteroatoms. The Kier molecular flexibility index (Phi) is 3.95. The molecule has 0 radical (unpaired) electrons. The van der Waals surface area contributed by atoms with Crippen molar-refractivity contribution in [1.29, 1.82) is 0 Å². The van der Waals surface area contributed by atoms with Crippen LogP contribution in [0.5, 0.6) is 0 Å². The third kappa shape index (κ3) is 3.10. The summed E-state index contributed by atoms with van der Waals surface area (Å²) in [5, 5.41) is 17.4. The maximum Gasteiger partial charge on any atom is 0.408 e. The van der Waals surface area contributed by atoms with Gasteiger partial charge in [-0.05, 0) is 11.6 Å². The SMILES string of the molecule is CC(=O)O/C(Cl)=C1\CC(C(=O)O)N(C(=O)O)C1. The Hall–Kier alpha value is -1.76. The molecule has 0 aromatic carbocycles. The summed E-state index contributed by atoms with van der Waals surface area (Å²) in [5.41, 5.74) is 0.275. The van der Waals surface area contributed by atoms with Crippen molar-refractivity contribution in [3.8, 4) is 0 Å². The Morgan fingerprint density at radius 2 is 2.00 bits per heavy atom. The van der Waals surface area contributed by atoms with E-state index >= 15 is 0 Å². The van der Waals surface area contributed by atoms with Crippen LogP contribution >= 0.6 is 11.6 Å². The van der Waals surface area contributed by atoms with Crippen LogP contribution in [0.25, 0.3) is 0 Å². The number of carboxylic acids is 1. The normalized spacial score (nSPS) is 22.2. The predicted molar refractivity (Wildman–Crippen MR) is 55.4 cm³/mol. The van der Waals surface area contributed by atoms with Crippen LogP contribution in [0, 0.1) is 0 Å². The van der Waals surface area contributed by atoms with Crippen molar-refractivity contribution >= 4 is 29.6 Å². The van der Waals surface area contributed by atoms with Crippen molar-refractivity contribution in [3.05, 3.63) is 10.8 Å². The molecular weight excluding hydrogens is 254 g/mol. The number of hydrogen-bond acceptors (Lipinski definition) is 4. The van der Waals surface area contributed by atoms with Gasteiger partial charge in [-0.25, -0.2) is 9.59 Å². The maximum atomic E-state index is 10.8. The summed E-state index contributed by atoms with van der Waals surface area (Å²) >= 11 is 5.65. The molecule has 1 unspecified atom stereocenters. The van der Waals surface area contributed by atoms with Crippen LogP contribution in [-0.2, 0) is 14.3 Å². The summed E-state index contributed by atoms with van der Waals surface area (Å²) < 4.78 is 4.58. The van der Waals surface area contributed by atoms with E-state index in [1.54, 1.807) is 0 Å². The molecule has 1 heterocycles. The van der Waals surface area contributed by atoms with E-state index in [4.69, 9.17) is 21.8 Å². The van der Waals surface area contributed by atoms with Crippen LogP contribution < -0.4 is 0 Å². The number of nitrogens with zero attached hydrogens (tertiary/aromatic N) is 1.